The summed E-state index contributed by atoms with van der Waals surface area (Å²) in [7, 11) is 0. The molecule has 0 aromatic heterocycles. The second-order valence-corrected chi connectivity index (χ2v) is 10.6. The van der Waals surface area contributed by atoms with Crippen molar-refractivity contribution in [1.82, 2.24) is 10.2 Å². The van der Waals surface area contributed by atoms with E-state index in [0.717, 1.165) is 13.2 Å². The Labute approximate surface area is 214 Å². The molecule has 0 bridgehead atoms. The average molecular weight is 508 g/mol. The molecule has 0 spiro atoms. The SMILES string of the molecule is CCC(C)NC1CCCOC1.Cc1ccc2c(c1F)CN(C(CCC(=O)OC(C)(C)C)C(N)=O)C2=O. The summed E-state index contributed by atoms with van der Waals surface area (Å²) in [5, 5.41) is 3.54. The number of nitrogens with one attached hydrogen (secondary N) is 1. The summed E-state index contributed by atoms with van der Waals surface area (Å²) in [5.74, 6) is -2.13. The zero-order chi connectivity index (χ0) is 27.0. The number of rotatable bonds is 8. The van der Waals surface area contributed by atoms with Gasteiger partial charge in [-0.3, -0.25) is 14.4 Å². The van der Waals surface area contributed by atoms with E-state index in [1.165, 1.54) is 30.2 Å². The van der Waals surface area contributed by atoms with Gasteiger partial charge in [-0.2, -0.15) is 0 Å². The van der Waals surface area contributed by atoms with E-state index in [2.05, 4.69) is 19.2 Å². The molecule has 0 aliphatic carbocycles. The Morgan fingerprint density at radius 3 is 2.58 bits per heavy atom. The molecule has 3 unspecified atom stereocenters. The van der Waals surface area contributed by atoms with Crippen molar-refractivity contribution < 1.29 is 28.2 Å². The van der Waals surface area contributed by atoms with Gasteiger partial charge < -0.3 is 25.4 Å². The predicted molar refractivity (Wildman–Crippen MR) is 136 cm³/mol. The highest BCUT2D eigenvalue weighted by atomic mass is 19.1. The highest BCUT2D eigenvalue weighted by Crippen LogP contribution is 2.29. The Balaban J connectivity index is 0.000000346. The van der Waals surface area contributed by atoms with Crippen molar-refractivity contribution in [3.63, 3.8) is 0 Å². The number of esters is 1. The summed E-state index contributed by atoms with van der Waals surface area (Å²) < 4.78 is 24.8. The number of halogens is 1. The number of nitrogens with two attached hydrogens (primary N) is 1. The fourth-order valence-electron chi connectivity index (χ4n) is 4.23. The molecular weight excluding hydrogens is 465 g/mol. The van der Waals surface area contributed by atoms with Gasteiger partial charge >= 0.3 is 5.97 Å². The van der Waals surface area contributed by atoms with Gasteiger partial charge in [0.05, 0.1) is 13.2 Å². The van der Waals surface area contributed by atoms with E-state index in [1.807, 2.05) is 0 Å². The third-order valence-electron chi connectivity index (χ3n) is 6.30. The number of primary amides is 1. The molecule has 2 aliphatic rings. The summed E-state index contributed by atoms with van der Waals surface area (Å²) in [4.78, 5) is 37.4. The molecule has 1 aromatic rings. The summed E-state index contributed by atoms with van der Waals surface area (Å²) in [6, 6.07) is 3.32. The van der Waals surface area contributed by atoms with Crippen LogP contribution in [-0.2, 0) is 25.6 Å². The van der Waals surface area contributed by atoms with Crippen LogP contribution in [-0.4, -0.2) is 59.6 Å². The Morgan fingerprint density at radius 2 is 2.03 bits per heavy atom. The first kappa shape index (κ1) is 29.7. The van der Waals surface area contributed by atoms with Gasteiger partial charge in [-0.1, -0.05) is 13.0 Å². The molecular formula is C27H42FN3O5. The lowest BCUT2D eigenvalue weighted by atomic mass is 10.1. The lowest BCUT2D eigenvalue weighted by molar-refractivity contribution is -0.155. The largest absolute Gasteiger partial charge is 0.460 e. The van der Waals surface area contributed by atoms with Crippen LogP contribution in [0.15, 0.2) is 12.1 Å². The fraction of sp³-hybridized carbons (Fsp3) is 0.667. The molecule has 2 amide bonds. The second kappa shape index (κ2) is 13.1. The molecule has 8 nitrogen and oxygen atoms in total. The van der Waals surface area contributed by atoms with Gasteiger partial charge in [-0.25, -0.2) is 4.39 Å². The number of nitrogens with zero attached hydrogens (tertiary/aromatic N) is 1. The lowest BCUT2D eigenvalue weighted by Crippen LogP contribution is -2.45. The van der Waals surface area contributed by atoms with Crippen molar-refractivity contribution in [1.29, 1.82) is 0 Å². The van der Waals surface area contributed by atoms with Gasteiger partial charge in [0.2, 0.25) is 5.91 Å². The standard InChI is InChI=1S/C18H23FN2O4.C9H19NO/c1-10-5-6-11-12(15(10)19)9-21(17(11)24)13(16(20)23)7-8-14(22)25-18(2,3)4;1-3-8(2)10-9-5-4-6-11-7-9/h5-6,13H,7-9H2,1-4H3,(H2,20,23);8-10H,3-7H2,1-2H3. The van der Waals surface area contributed by atoms with Gasteiger partial charge in [-0.05, 0) is 71.9 Å². The average Bonchev–Trinajstić information content (AvgIpc) is 3.13. The van der Waals surface area contributed by atoms with Crippen molar-refractivity contribution in [3.8, 4) is 0 Å². The molecule has 202 valence electrons. The van der Waals surface area contributed by atoms with Crippen molar-refractivity contribution >= 4 is 17.8 Å². The molecule has 9 heteroatoms. The van der Waals surface area contributed by atoms with E-state index in [1.54, 1.807) is 33.8 Å². The topological polar surface area (TPSA) is 111 Å². The first-order valence-electron chi connectivity index (χ1n) is 12.8. The maximum Gasteiger partial charge on any atom is 0.306 e. The minimum Gasteiger partial charge on any atom is -0.460 e. The maximum atomic E-state index is 14.2. The van der Waals surface area contributed by atoms with Crippen LogP contribution in [0.5, 0.6) is 0 Å². The van der Waals surface area contributed by atoms with Crippen molar-refractivity contribution in [3.05, 3.63) is 34.6 Å². The first-order chi connectivity index (χ1) is 16.8. The van der Waals surface area contributed by atoms with Crippen LogP contribution >= 0.6 is 0 Å². The van der Waals surface area contributed by atoms with E-state index in [4.69, 9.17) is 15.2 Å². The first-order valence-corrected chi connectivity index (χ1v) is 12.8. The number of hydrogen-bond acceptors (Lipinski definition) is 6. The Morgan fingerprint density at radius 1 is 1.33 bits per heavy atom. The van der Waals surface area contributed by atoms with E-state index < -0.39 is 35.2 Å². The normalized spacial score (nSPS) is 19.1. The number of aryl methyl sites for hydroxylation is 1. The lowest BCUT2D eigenvalue weighted by Gasteiger charge is -2.26. The number of benzene rings is 1. The third kappa shape index (κ3) is 8.55. The summed E-state index contributed by atoms with van der Waals surface area (Å²) >= 11 is 0. The minimum atomic E-state index is -0.993. The van der Waals surface area contributed by atoms with Gasteiger partial charge in [0.15, 0.2) is 0 Å². The quantitative estimate of drug-likeness (QED) is 0.520. The maximum absolute atomic E-state index is 14.2. The van der Waals surface area contributed by atoms with E-state index in [0.29, 0.717) is 17.6 Å². The number of carbonyl (C=O) groups is 3. The number of ether oxygens (including phenoxy) is 2. The zero-order valence-electron chi connectivity index (χ0n) is 22.5. The number of carbonyl (C=O) groups excluding carboxylic acids is 3. The van der Waals surface area contributed by atoms with E-state index in [9.17, 15) is 18.8 Å². The van der Waals surface area contributed by atoms with Gasteiger partial charge in [0.25, 0.3) is 5.91 Å². The van der Waals surface area contributed by atoms with Crippen molar-refractivity contribution in [2.24, 2.45) is 5.73 Å². The van der Waals surface area contributed by atoms with Gasteiger partial charge in [0.1, 0.15) is 17.5 Å². The molecule has 3 atom stereocenters. The van der Waals surface area contributed by atoms with E-state index >= 15 is 0 Å². The monoisotopic (exact) mass is 507 g/mol. The van der Waals surface area contributed by atoms with Crippen molar-refractivity contribution in [2.45, 2.75) is 104 Å². The Kier molecular flexibility index (Phi) is 10.8. The molecule has 36 heavy (non-hydrogen) atoms. The minimum absolute atomic E-state index is 0.0323. The number of fused-ring (bicyclic) bond motifs is 1. The van der Waals surface area contributed by atoms with Gasteiger partial charge in [0, 0.05) is 36.2 Å². The van der Waals surface area contributed by atoms with Crippen LogP contribution in [0, 0.1) is 12.7 Å². The highest BCUT2D eigenvalue weighted by Gasteiger charge is 2.37. The second-order valence-electron chi connectivity index (χ2n) is 10.6. The molecule has 2 aliphatic heterocycles. The summed E-state index contributed by atoms with van der Waals surface area (Å²) in [6.07, 6.45) is 3.67. The zero-order valence-corrected chi connectivity index (χ0v) is 22.5. The third-order valence-corrected chi connectivity index (χ3v) is 6.30. The molecule has 2 heterocycles. The predicted octanol–water partition coefficient (Wildman–Crippen LogP) is 3.62. The number of amides is 2. The van der Waals surface area contributed by atoms with Crippen LogP contribution < -0.4 is 11.1 Å². The summed E-state index contributed by atoms with van der Waals surface area (Å²) in [6.45, 7) is 13.1. The van der Waals surface area contributed by atoms with E-state index in [-0.39, 0.29) is 30.5 Å². The highest BCUT2D eigenvalue weighted by molar-refractivity contribution is 6.01. The summed E-state index contributed by atoms with van der Waals surface area (Å²) in [5.41, 5.74) is 5.69. The van der Waals surface area contributed by atoms with Crippen LogP contribution in [0.4, 0.5) is 4.39 Å². The van der Waals surface area contributed by atoms with Crippen LogP contribution in [0.25, 0.3) is 0 Å². The molecule has 1 saturated heterocycles. The van der Waals surface area contributed by atoms with Crippen LogP contribution in [0.2, 0.25) is 0 Å². The van der Waals surface area contributed by atoms with Gasteiger partial charge in [-0.15, -0.1) is 0 Å². The molecule has 1 fully saturated rings. The molecule has 0 saturated carbocycles. The van der Waals surface area contributed by atoms with Crippen LogP contribution in [0.1, 0.15) is 88.2 Å². The Hall–Kier alpha value is -2.52. The molecule has 3 N–H and O–H groups in total. The molecule has 0 radical (unpaired) electrons. The molecule has 1 aromatic carbocycles. The smallest absolute Gasteiger partial charge is 0.306 e. The fourth-order valence-corrected chi connectivity index (χ4v) is 4.23. The Bertz CT molecular complexity index is 925. The number of hydrogen-bond donors (Lipinski definition) is 2. The molecule has 3 rings (SSSR count). The van der Waals surface area contributed by atoms with Crippen LogP contribution in [0.3, 0.4) is 0 Å². The van der Waals surface area contributed by atoms with Crippen molar-refractivity contribution in [2.75, 3.05) is 13.2 Å².